The predicted octanol–water partition coefficient (Wildman–Crippen LogP) is 6.14. The summed E-state index contributed by atoms with van der Waals surface area (Å²) in [4.78, 5) is 16.7. The highest BCUT2D eigenvalue weighted by Crippen LogP contribution is 2.40. The number of thiophene rings is 1. The summed E-state index contributed by atoms with van der Waals surface area (Å²) >= 11 is 3.15. The maximum atomic E-state index is 11.1. The maximum Gasteiger partial charge on any atom is 0.270 e. The van der Waals surface area contributed by atoms with Crippen LogP contribution in [0.3, 0.4) is 0 Å². The lowest BCUT2D eigenvalue weighted by Gasteiger charge is -2.21. The minimum Gasteiger partial charge on any atom is -0.497 e. The second kappa shape index (κ2) is 8.52. The van der Waals surface area contributed by atoms with Crippen molar-refractivity contribution in [3.8, 4) is 17.0 Å². The van der Waals surface area contributed by atoms with E-state index in [4.69, 9.17) is 14.8 Å². The lowest BCUT2D eigenvalue weighted by molar-refractivity contribution is -0.384. The van der Waals surface area contributed by atoms with E-state index in [0.717, 1.165) is 33.5 Å². The number of anilines is 1. The number of ether oxygens (including phenoxy) is 1. The van der Waals surface area contributed by atoms with Gasteiger partial charge in [0.2, 0.25) is 5.13 Å². The average molecular weight is 463 g/mol. The second-order valence-electron chi connectivity index (χ2n) is 7.18. The molecular formula is C23H18N4O3S2. The smallest absolute Gasteiger partial charge is 0.270 e. The number of hydrogen-bond acceptors (Lipinski definition) is 8. The first-order chi connectivity index (χ1) is 15.6. The molecule has 9 heteroatoms. The second-order valence-corrected chi connectivity index (χ2v) is 8.97. The Balaban J connectivity index is 1.51. The van der Waals surface area contributed by atoms with Crippen LogP contribution in [0.15, 0.2) is 76.5 Å². The van der Waals surface area contributed by atoms with Crippen molar-refractivity contribution in [2.24, 2.45) is 5.10 Å². The molecule has 0 spiro atoms. The fourth-order valence-corrected chi connectivity index (χ4v) is 5.20. The third-order valence-corrected chi connectivity index (χ3v) is 7.01. The molecule has 2 aromatic heterocycles. The Morgan fingerprint density at radius 3 is 2.69 bits per heavy atom. The van der Waals surface area contributed by atoms with Gasteiger partial charge in [0.15, 0.2) is 0 Å². The number of nitrogens with zero attached hydrogens (tertiary/aromatic N) is 4. The monoisotopic (exact) mass is 462 g/mol. The highest BCUT2D eigenvalue weighted by Gasteiger charge is 2.32. The first-order valence-electron chi connectivity index (χ1n) is 9.87. The number of benzene rings is 2. The van der Waals surface area contributed by atoms with Gasteiger partial charge in [0.05, 0.1) is 34.4 Å². The fourth-order valence-electron chi connectivity index (χ4n) is 3.64. The number of hydrogen-bond donors (Lipinski definition) is 0. The quantitative estimate of drug-likeness (QED) is 0.254. The van der Waals surface area contributed by atoms with Crippen LogP contribution in [0.4, 0.5) is 10.8 Å². The van der Waals surface area contributed by atoms with Crippen LogP contribution in [0.25, 0.3) is 11.3 Å². The number of methoxy groups -OCH3 is 1. The molecule has 32 heavy (non-hydrogen) atoms. The molecular weight excluding hydrogens is 444 g/mol. The first-order valence-corrected chi connectivity index (χ1v) is 11.6. The zero-order valence-electron chi connectivity index (χ0n) is 17.0. The third kappa shape index (κ3) is 3.88. The Morgan fingerprint density at radius 1 is 1.12 bits per heavy atom. The van der Waals surface area contributed by atoms with Crippen molar-refractivity contribution in [1.82, 2.24) is 4.98 Å². The van der Waals surface area contributed by atoms with E-state index in [0.29, 0.717) is 11.3 Å². The van der Waals surface area contributed by atoms with Gasteiger partial charge in [0.25, 0.3) is 5.69 Å². The molecule has 3 heterocycles. The third-order valence-electron chi connectivity index (χ3n) is 5.26. The molecule has 0 fully saturated rings. The number of thiazole rings is 1. The Hall–Kier alpha value is -3.56. The van der Waals surface area contributed by atoms with Crippen LogP contribution in [0.2, 0.25) is 0 Å². The SMILES string of the molecule is COc1ccc([C@H]2CC(c3cccs3)=NN2c2nc(-c3cccc([N+](=O)[O-])c3)cs2)cc1. The van der Waals surface area contributed by atoms with E-state index in [1.54, 1.807) is 30.6 Å². The molecule has 160 valence electrons. The van der Waals surface area contributed by atoms with Crippen LogP contribution in [0.5, 0.6) is 5.75 Å². The molecule has 1 atom stereocenters. The molecule has 5 rings (SSSR count). The van der Waals surface area contributed by atoms with Gasteiger partial charge in [-0.15, -0.1) is 22.7 Å². The Bertz CT molecular complexity index is 1280. The molecule has 0 saturated heterocycles. The van der Waals surface area contributed by atoms with Crippen molar-refractivity contribution in [3.63, 3.8) is 0 Å². The molecule has 0 amide bonds. The lowest BCUT2D eigenvalue weighted by atomic mass is 10.0. The molecule has 4 aromatic rings. The Labute approximate surface area is 192 Å². The van der Waals surface area contributed by atoms with Crippen LogP contribution in [0.1, 0.15) is 22.9 Å². The van der Waals surface area contributed by atoms with Crippen molar-refractivity contribution in [3.05, 3.63) is 92.0 Å². The number of rotatable bonds is 6. The van der Waals surface area contributed by atoms with Crippen LogP contribution in [-0.4, -0.2) is 22.7 Å². The zero-order chi connectivity index (χ0) is 22.1. The molecule has 0 N–H and O–H groups in total. The van der Waals surface area contributed by atoms with Crippen molar-refractivity contribution < 1.29 is 9.66 Å². The Kier molecular flexibility index (Phi) is 5.42. The summed E-state index contributed by atoms with van der Waals surface area (Å²) < 4.78 is 5.30. The minimum absolute atomic E-state index is 0.00196. The number of nitro groups is 1. The van der Waals surface area contributed by atoms with E-state index < -0.39 is 4.92 Å². The molecule has 0 saturated carbocycles. The molecule has 0 bridgehead atoms. The van der Waals surface area contributed by atoms with E-state index in [9.17, 15) is 10.1 Å². The highest BCUT2D eigenvalue weighted by molar-refractivity contribution is 7.14. The summed E-state index contributed by atoms with van der Waals surface area (Å²) in [5.74, 6) is 0.805. The van der Waals surface area contributed by atoms with Gasteiger partial charge in [-0.1, -0.05) is 30.3 Å². The highest BCUT2D eigenvalue weighted by atomic mass is 32.1. The number of nitro benzene ring substituents is 1. The zero-order valence-corrected chi connectivity index (χ0v) is 18.7. The van der Waals surface area contributed by atoms with Gasteiger partial charge in [0, 0.05) is 29.5 Å². The van der Waals surface area contributed by atoms with Crippen LogP contribution >= 0.6 is 22.7 Å². The maximum absolute atomic E-state index is 11.1. The van der Waals surface area contributed by atoms with E-state index in [-0.39, 0.29) is 11.7 Å². The first kappa shape index (κ1) is 20.3. The summed E-state index contributed by atoms with van der Waals surface area (Å²) in [6.07, 6.45) is 0.762. The van der Waals surface area contributed by atoms with E-state index in [2.05, 4.69) is 18.2 Å². The topological polar surface area (TPSA) is 80.9 Å². The fraction of sp³-hybridized carbons (Fsp3) is 0.130. The summed E-state index contributed by atoms with van der Waals surface area (Å²) in [6.45, 7) is 0. The van der Waals surface area contributed by atoms with Crippen LogP contribution < -0.4 is 9.75 Å². The van der Waals surface area contributed by atoms with Gasteiger partial charge >= 0.3 is 0 Å². The summed E-state index contributed by atoms with van der Waals surface area (Å²) in [5.41, 5.74) is 3.60. The average Bonchev–Trinajstić information content (AvgIpc) is 3.59. The molecule has 1 aliphatic rings. The van der Waals surface area contributed by atoms with Crippen LogP contribution in [-0.2, 0) is 0 Å². The minimum atomic E-state index is -0.394. The summed E-state index contributed by atoms with van der Waals surface area (Å²) in [6, 6.07) is 18.6. The standard InChI is InChI=1S/C23H18N4O3S2/c1-30-18-9-7-15(8-10-18)21-13-19(22-6-3-11-31-22)25-26(21)23-24-20(14-32-23)16-4-2-5-17(12-16)27(28)29/h2-12,14,21H,13H2,1H3/t21-/m1/s1. The summed E-state index contributed by atoms with van der Waals surface area (Å²) in [7, 11) is 1.65. The molecule has 2 aromatic carbocycles. The van der Waals surface area contributed by atoms with Gasteiger partial charge in [-0.3, -0.25) is 10.1 Å². The van der Waals surface area contributed by atoms with Gasteiger partial charge in [0.1, 0.15) is 5.75 Å². The predicted molar refractivity (Wildman–Crippen MR) is 128 cm³/mol. The van der Waals surface area contributed by atoms with Gasteiger partial charge in [-0.2, -0.15) is 5.10 Å². The number of aromatic nitrogens is 1. The largest absolute Gasteiger partial charge is 0.497 e. The lowest BCUT2D eigenvalue weighted by Crippen LogP contribution is -2.18. The molecule has 7 nitrogen and oxygen atoms in total. The van der Waals surface area contributed by atoms with Crippen LogP contribution in [0, 0.1) is 10.1 Å². The van der Waals surface area contributed by atoms with Crippen molar-refractivity contribution in [2.45, 2.75) is 12.5 Å². The summed E-state index contributed by atoms with van der Waals surface area (Å²) in [5, 5.41) is 22.7. The van der Waals surface area contributed by atoms with E-state index in [1.807, 2.05) is 40.0 Å². The van der Waals surface area contributed by atoms with Gasteiger partial charge in [-0.25, -0.2) is 9.99 Å². The Morgan fingerprint density at radius 2 is 1.97 bits per heavy atom. The van der Waals surface area contributed by atoms with Crippen molar-refractivity contribution >= 4 is 39.2 Å². The molecule has 0 aliphatic carbocycles. The molecule has 0 radical (unpaired) electrons. The molecule has 0 unspecified atom stereocenters. The van der Waals surface area contributed by atoms with E-state index >= 15 is 0 Å². The number of hydrazone groups is 1. The molecule has 1 aliphatic heterocycles. The van der Waals surface area contributed by atoms with Gasteiger partial charge in [-0.05, 0) is 29.1 Å². The van der Waals surface area contributed by atoms with Gasteiger partial charge < -0.3 is 4.74 Å². The van der Waals surface area contributed by atoms with E-state index in [1.165, 1.54) is 17.4 Å². The van der Waals surface area contributed by atoms with Crippen molar-refractivity contribution in [1.29, 1.82) is 0 Å². The normalized spacial score (nSPS) is 15.6. The number of non-ortho nitro benzene ring substituents is 1. The van der Waals surface area contributed by atoms with Crippen molar-refractivity contribution in [2.75, 3.05) is 12.1 Å².